The maximum Gasteiger partial charge on any atom is 0.406 e. The summed E-state index contributed by atoms with van der Waals surface area (Å²) in [5, 5.41) is 2.02. The van der Waals surface area contributed by atoms with Gasteiger partial charge in [-0.2, -0.15) is 0 Å². The molecule has 0 aromatic heterocycles. The van der Waals surface area contributed by atoms with Crippen molar-refractivity contribution in [3.63, 3.8) is 0 Å². The molecule has 1 amide bonds. The van der Waals surface area contributed by atoms with Crippen LogP contribution in [0.4, 0.5) is 9.18 Å². The normalized spacial score (nSPS) is 13.7. The Kier molecular flexibility index (Phi) is 7.97. The van der Waals surface area contributed by atoms with Crippen LogP contribution >= 0.6 is 0 Å². The van der Waals surface area contributed by atoms with E-state index in [0.29, 0.717) is 18.5 Å². The minimum Gasteiger partial charge on any atom is -0.453 e. The molecule has 0 bridgehead atoms. The maximum atomic E-state index is 15.0. The quantitative estimate of drug-likeness (QED) is 0.627. The molecule has 0 heterocycles. The predicted octanol–water partition coefficient (Wildman–Crippen LogP) is 3.76. The van der Waals surface area contributed by atoms with Crippen molar-refractivity contribution in [2.45, 2.75) is 38.1 Å². The third kappa shape index (κ3) is 6.53. The molecule has 1 unspecified atom stereocenters. The van der Waals surface area contributed by atoms with Crippen LogP contribution in [0.15, 0.2) is 48.5 Å². The van der Waals surface area contributed by atoms with E-state index in [1.807, 2.05) is 36.4 Å². The third-order valence-electron chi connectivity index (χ3n) is 4.87. The van der Waals surface area contributed by atoms with E-state index in [1.165, 1.54) is 14.0 Å². The summed E-state index contributed by atoms with van der Waals surface area (Å²) in [7, 11) is -2.20. The van der Waals surface area contributed by atoms with Gasteiger partial charge in [-0.25, -0.2) is 22.3 Å². The average molecular weight is 437 g/mol. The Morgan fingerprint density at radius 3 is 2.10 bits per heavy atom. The van der Waals surface area contributed by atoms with Gasteiger partial charge in [0.05, 0.1) is 12.4 Å². The molecule has 6 nitrogen and oxygen atoms in total. The second-order valence-electron chi connectivity index (χ2n) is 7.55. The number of carbonyl (C=O) groups is 1. The van der Waals surface area contributed by atoms with Crippen LogP contribution in [0.3, 0.4) is 0 Å². The summed E-state index contributed by atoms with van der Waals surface area (Å²) in [5.74, 6) is 0. The number of ether oxygens (including phenoxy) is 1. The van der Waals surface area contributed by atoms with Gasteiger partial charge in [0.15, 0.2) is 0 Å². The van der Waals surface area contributed by atoms with Gasteiger partial charge < -0.3 is 10.1 Å². The fourth-order valence-corrected chi connectivity index (χ4v) is 3.57. The molecule has 164 valence electrons. The highest BCUT2D eigenvalue weighted by molar-refractivity contribution is 7.90. The van der Waals surface area contributed by atoms with Crippen molar-refractivity contribution in [3.8, 4) is 11.1 Å². The highest BCUT2D eigenvalue weighted by atomic mass is 32.2. The fraction of sp³-hybridized carbons (Fsp3) is 0.409. The molecule has 0 fully saturated rings. The summed E-state index contributed by atoms with van der Waals surface area (Å²) in [4.78, 5) is 11.1. The Labute approximate surface area is 177 Å². The Morgan fingerprint density at radius 2 is 1.60 bits per heavy atom. The topological polar surface area (TPSA) is 84.5 Å². The van der Waals surface area contributed by atoms with E-state index in [2.05, 4.69) is 14.8 Å². The predicted molar refractivity (Wildman–Crippen MR) is 117 cm³/mol. The highest BCUT2D eigenvalue weighted by Crippen LogP contribution is 2.28. The van der Waals surface area contributed by atoms with Crippen molar-refractivity contribution in [1.82, 2.24) is 10.0 Å². The van der Waals surface area contributed by atoms with Crippen molar-refractivity contribution < 1.29 is 22.3 Å². The molecule has 30 heavy (non-hydrogen) atoms. The van der Waals surface area contributed by atoms with Crippen LogP contribution in [-0.4, -0.2) is 40.0 Å². The molecule has 0 aliphatic rings. The van der Waals surface area contributed by atoms with Crippen LogP contribution < -0.4 is 10.0 Å². The number of amides is 1. The molecule has 0 aliphatic carbocycles. The van der Waals surface area contributed by atoms with Crippen molar-refractivity contribution in [2.24, 2.45) is 0 Å². The van der Waals surface area contributed by atoms with Gasteiger partial charge in [0.2, 0.25) is 10.0 Å². The average Bonchev–Trinajstić information content (AvgIpc) is 2.73. The molecule has 2 aromatic rings. The number of hydrogen-bond donors (Lipinski definition) is 2. The number of alkyl halides is 1. The largest absolute Gasteiger partial charge is 0.453 e. The van der Waals surface area contributed by atoms with Gasteiger partial charge in [0.25, 0.3) is 0 Å². The number of benzene rings is 2. The minimum atomic E-state index is -3.53. The number of rotatable bonds is 9. The lowest BCUT2D eigenvalue weighted by molar-refractivity contribution is 0.171. The molecule has 8 heteroatoms. The SMILES string of the molecule is COC(=O)NCCc1ccc(-c2ccc(C(C)(F)CNS(=O)(=O)C(C)C)cc2)cc1. The van der Waals surface area contributed by atoms with Crippen molar-refractivity contribution >= 4 is 16.1 Å². The van der Waals surface area contributed by atoms with Gasteiger partial charge >= 0.3 is 6.09 Å². The van der Waals surface area contributed by atoms with Gasteiger partial charge in [-0.15, -0.1) is 0 Å². The van der Waals surface area contributed by atoms with Gasteiger partial charge in [0.1, 0.15) is 5.67 Å². The van der Waals surface area contributed by atoms with Crippen LogP contribution in [0.25, 0.3) is 11.1 Å². The number of sulfonamides is 1. The highest BCUT2D eigenvalue weighted by Gasteiger charge is 2.28. The molecule has 0 radical (unpaired) electrons. The van der Waals surface area contributed by atoms with E-state index in [1.54, 1.807) is 26.0 Å². The number of carbonyl (C=O) groups excluding carboxylic acids is 1. The Bertz CT molecular complexity index is 940. The molecular formula is C22H29FN2O4S. The lowest BCUT2D eigenvalue weighted by Gasteiger charge is -2.22. The van der Waals surface area contributed by atoms with Crippen LogP contribution in [-0.2, 0) is 26.8 Å². The summed E-state index contributed by atoms with van der Waals surface area (Å²) in [6, 6.07) is 14.9. The zero-order chi connectivity index (χ0) is 22.4. The summed E-state index contributed by atoms with van der Waals surface area (Å²) in [6.45, 7) is 4.63. The fourth-order valence-electron chi connectivity index (χ4n) is 2.76. The molecule has 0 saturated carbocycles. The van der Waals surface area contributed by atoms with E-state index in [-0.39, 0.29) is 6.54 Å². The van der Waals surface area contributed by atoms with E-state index >= 15 is 4.39 Å². The summed E-state index contributed by atoms with van der Waals surface area (Å²) < 4.78 is 45.7. The molecule has 2 N–H and O–H groups in total. The van der Waals surface area contributed by atoms with E-state index in [9.17, 15) is 13.2 Å². The van der Waals surface area contributed by atoms with E-state index < -0.39 is 27.0 Å². The van der Waals surface area contributed by atoms with E-state index in [0.717, 1.165) is 16.7 Å². The number of hydrogen-bond acceptors (Lipinski definition) is 4. The summed E-state index contributed by atoms with van der Waals surface area (Å²) >= 11 is 0. The van der Waals surface area contributed by atoms with Crippen molar-refractivity contribution in [2.75, 3.05) is 20.2 Å². The van der Waals surface area contributed by atoms with Crippen LogP contribution in [0.5, 0.6) is 0 Å². The van der Waals surface area contributed by atoms with Gasteiger partial charge in [-0.3, -0.25) is 0 Å². The molecule has 2 aromatic carbocycles. The molecular weight excluding hydrogens is 407 g/mol. The Hall–Kier alpha value is -2.45. The van der Waals surface area contributed by atoms with E-state index in [4.69, 9.17) is 0 Å². The Morgan fingerprint density at radius 1 is 1.07 bits per heavy atom. The van der Waals surface area contributed by atoms with Crippen molar-refractivity contribution in [1.29, 1.82) is 0 Å². The molecule has 1 atom stereocenters. The number of nitrogens with one attached hydrogen (secondary N) is 2. The third-order valence-corrected chi connectivity index (χ3v) is 6.66. The smallest absolute Gasteiger partial charge is 0.406 e. The first-order valence-electron chi connectivity index (χ1n) is 9.74. The van der Waals surface area contributed by atoms with Crippen LogP contribution in [0.1, 0.15) is 31.9 Å². The summed E-state index contributed by atoms with van der Waals surface area (Å²) in [6.07, 6.45) is 0.226. The standard InChI is InChI=1S/C22H29FN2O4S/c1-16(2)30(27,28)25-15-22(3,23)20-11-9-19(10-12-20)18-7-5-17(6-8-18)13-14-24-21(26)29-4/h5-12,16,25H,13-15H2,1-4H3,(H,24,26). The second-order valence-corrected chi connectivity index (χ2v) is 9.88. The second kappa shape index (κ2) is 10.0. The molecule has 0 aliphatic heterocycles. The number of halogens is 1. The first-order chi connectivity index (χ1) is 14.0. The summed E-state index contributed by atoms with van der Waals surface area (Å²) in [5.41, 5.74) is 1.56. The lowest BCUT2D eigenvalue weighted by Crippen LogP contribution is -2.39. The Balaban J connectivity index is 2.01. The number of methoxy groups -OCH3 is 1. The lowest BCUT2D eigenvalue weighted by atomic mass is 9.95. The zero-order valence-electron chi connectivity index (χ0n) is 17.7. The first kappa shape index (κ1) is 23.8. The molecule has 0 saturated heterocycles. The minimum absolute atomic E-state index is 0.318. The molecule has 0 spiro atoms. The van der Waals surface area contributed by atoms with Crippen molar-refractivity contribution in [3.05, 3.63) is 59.7 Å². The van der Waals surface area contributed by atoms with Crippen LogP contribution in [0, 0.1) is 0 Å². The van der Waals surface area contributed by atoms with Gasteiger partial charge in [-0.1, -0.05) is 48.5 Å². The zero-order valence-corrected chi connectivity index (χ0v) is 18.6. The van der Waals surface area contributed by atoms with Gasteiger partial charge in [0, 0.05) is 13.1 Å². The maximum absolute atomic E-state index is 15.0. The monoisotopic (exact) mass is 436 g/mol. The molecule has 2 rings (SSSR count). The van der Waals surface area contributed by atoms with Crippen LogP contribution in [0.2, 0.25) is 0 Å². The number of alkyl carbamates (subject to hydrolysis) is 1. The first-order valence-corrected chi connectivity index (χ1v) is 11.3. The van der Waals surface area contributed by atoms with Gasteiger partial charge in [-0.05, 0) is 49.4 Å².